The molecular formula is C23H24ClN7O4S. The van der Waals surface area contributed by atoms with Crippen molar-refractivity contribution in [3.63, 3.8) is 0 Å². The Kier molecular flexibility index (Phi) is 7.46. The summed E-state index contributed by atoms with van der Waals surface area (Å²) in [5, 5.41) is 13.6. The van der Waals surface area contributed by atoms with E-state index in [0.29, 0.717) is 23.0 Å². The molecule has 0 bridgehead atoms. The van der Waals surface area contributed by atoms with Crippen LogP contribution < -0.4 is 25.8 Å². The number of anilines is 2. The van der Waals surface area contributed by atoms with Gasteiger partial charge in [-0.15, -0.1) is 0 Å². The fourth-order valence-corrected chi connectivity index (χ4v) is 4.10. The highest BCUT2D eigenvalue weighted by atomic mass is 35.5. The van der Waals surface area contributed by atoms with E-state index in [1.807, 2.05) is 0 Å². The summed E-state index contributed by atoms with van der Waals surface area (Å²) in [6.07, 6.45) is 3.33. The molecule has 1 aliphatic rings. The van der Waals surface area contributed by atoms with E-state index in [2.05, 4.69) is 30.5 Å². The zero-order valence-corrected chi connectivity index (χ0v) is 20.8. The molecule has 36 heavy (non-hydrogen) atoms. The summed E-state index contributed by atoms with van der Waals surface area (Å²) < 4.78 is 33.0. The topological polar surface area (TPSA) is 164 Å². The monoisotopic (exact) mass is 529 g/mol. The smallest absolute Gasteiger partial charge is 0.254 e. The fraction of sp³-hybridized carbons (Fsp3) is 0.174. The quantitative estimate of drug-likeness (QED) is 0.269. The Labute approximate surface area is 212 Å². The van der Waals surface area contributed by atoms with Crippen molar-refractivity contribution in [2.75, 3.05) is 22.3 Å². The van der Waals surface area contributed by atoms with E-state index in [-0.39, 0.29) is 40.9 Å². The lowest BCUT2D eigenvalue weighted by Gasteiger charge is -2.15. The number of primary amides is 1. The highest BCUT2D eigenvalue weighted by Gasteiger charge is 2.22. The molecule has 0 fully saturated rings. The summed E-state index contributed by atoms with van der Waals surface area (Å²) in [5.41, 5.74) is 7.61. The van der Waals surface area contributed by atoms with Gasteiger partial charge in [0.15, 0.2) is 0 Å². The van der Waals surface area contributed by atoms with Crippen LogP contribution in [0.5, 0.6) is 5.75 Å². The molecule has 0 spiro atoms. The number of nitrogens with zero attached hydrogens (tertiary/aromatic N) is 2. The number of sulfonamides is 1. The van der Waals surface area contributed by atoms with Crippen LogP contribution >= 0.6 is 11.6 Å². The van der Waals surface area contributed by atoms with Crippen molar-refractivity contribution in [3.8, 4) is 17.0 Å². The highest BCUT2D eigenvalue weighted by Crippen LogP contribution is 2.35. The van der Waals surface area contributed by atoms with E-state index in [4.69, 9.17) is 22.1 Å². The SMILES string of the molecule is CCS(=O)(=O)Nc1ccc(-c2n[nH]c(NC3=CNCC=N3)c2C(N)=O)cc1OCc1ccc(Cl)cc1. The van der Waals surface area contributed by atoms with Gasteiger partial charge in [0.2, 0.25) is 10.0 Å². The Morgan fingerprint density at radius 3 is 2.67 bits per heavy atom. The van der Waals surface area contributed by atoms with Crippen LogP contribution in [0.2, 0.25) is 5.02 Å². The number of amides is 1. The molecule has 3 aromatic rings. The maximum atomic E-state index is 12.4. The van der Waals surface area contributed by atoms with Crippen molar-refractivity contribution in [2.45, 2.75) is 13.5 Å². The number of hydrogen-bond acceptors (Lipinski definition) is 8. The van der Waals surface area contributed by atoms with Crippen molar-refractivity contribution in [1.29, 1.82) is 0 Å². The van der Waals surface area contributed by atoms with Crippen LogP contribution in [0.1, 0.15) is 22.8 Å². The van der Waals surface area contributed by atoms with E-state index in [1.165, 1.54) is 6.92 Å². The third kappa shape index (κ3) is 5.96. The van der Waals surface area contributed by atoms with Gasteiger partial charge >= 0.3 is 0 Å². The molecule has 0 unspecified atom stereocenters. The molecule has 2 heterocycles. The average molecular weight is 530 g/mol. The molecule has 188 valence electrons. The molecule has 4 rings (SSSR count). The molecule has 1 amide bonds. The molecule has 0 atom stereocenters. The third-order valence-electron chi connectivity index (χ3n) is 5.15. The standard InChI is InChI=1S/C23H24ClN7O4S/c1-2-36(33,34)31-17-8-5-15(11-18(17)35-13-14-3-6-16(24)7-4-14)21-20(22(25)32)23(30-29-21)28-19-12-26-9-10-27-19/h3-8,10-12,26,31H,2,9,13H2,1H3,(H2,25,32)(H2,28,29,30). The first-order chi connectivity index (χ1) is 17.3. The molecule has 1 aromatic heterocycles. The van der Waals surface area contributed by atoms with E-state index >= 15 is 0 Å². The van der Waals surface area contributed by atoms with Gasteiger partial charge in [-0.05, 0) is 36.8 Å². The van der Waals surface area contributed by atoms with Gasteiger partial charge in [0.05, 0.1) is 11.4 Å². The zero-order valence-electron chi connectivity index (χ0n) is 19.2. The van der Waals surface area contributed by atoms with Crippen molar-refractivity contribution in [3.05, 3.63) is 70.6 Å². The van der Waals surface area contributed by atoms with Crippen LogP contribution in [-0.4, -0.2) is 43.0 Å². The highest BCUT2D eigenvalue weighted by molar-refractivity contribution is 7.92. The zero-order chi connectivity index (χ0) is 25.7. The normalized spacial score (nSPS) is 13.0. The number of H-pyrrole nitrogens is 1. The molecular weight excluding hydrogens is 506 g/mol. The number of aromatic amines is 1. The molecule has 13 heteroatoms. The number of nitrogens with one attached hydrogen (secondary N) is 4. The minimum absolute atomic E-state index is 0.112. The summed E-state index contributed by atoms with van der Waals surface area (Å²) in [4.78, 5) is 16.6. The van der Waals surface area contributed by atoms with Gasteiger partial charge in [0.25, 0.3) is 5.91 Å². The second kappa shape index (κ2) is 10.7. The lowest BCUT2D eigenvalue weighted by atomic mass is 10.1. The van der Waals surface area contributed by atoms with Crippen molar-refractivity contribution in [1.82, 2.24) is 15.5 Å². The van der Waals surface area contributed by atoms with Crippen molar-refractivity contribution < 1.29 is 17.9 Å². The minimum Gasteiger partial charge on any atom is -0.487 e. The molecule has 1 aliphatic heterocycles. The van der Waals surface area contributed by atoms with Crippen molar-refractivity contribution in [2.24, 2.45) is 10.7 Å². The van der Waals surface area contributed by atoms with Crippen LogP contribution in [0.15, 0.2) is 59.5 Å². The number of carbonyl (C=O) groups is 1. The second-order valence-corrected chi connectivity index (χ2v) is 10.1. The summed E-state index contributed by atoms with van der Waals surface area (Å²) >= 11 is 5.95. The maximum absolute atomic E-state index is 12.4. The molecule has 2 aromatic carbocycles. The predicted molar refractivity (Wildman–Crippen MR) is 140 cm³/mol. The van der Waals surface area contributed by atoms with Gasteiger partial charge in [0.1, 0.15) is 35.3 Å². The van der Waals surface area contributed by atoms with E-state index in [0.717, 1.165) is 5.56 Å². The minimum atomic E-state index is -3.57. The Balaban J connectivity index is 1.70. The molecule has 11 nitrogen and oxygen atoms in total. The largest absolute Gasteiger partial charge is 0.487 e. The van der Waals surface area contributed by atoms with Gasteiger partial charge in [-0.3, -0.25) is 14.6 Å². The van der Waals surface area contributed by atoms with E-state index in [9.17, 15) is 13.2 Å². The number of nitrogens with two attached hydrogens (primary N) is 1. The van der Waals surface area contributed by atoms with Gasteiger partial charge < -0.3 is 21.1 Å². The van der Waals surface area contributed by atoms with Crippen molar-refractivity contribution >= 4 is 45.3 Å². The average Bonchev–Trinajstić information content (AvgIpc) is 3.28. The van der Waals surface area contributed by atoms with E-state index in [1.54, 1.807) is 54.9 Å². The van der Waals surface area contributed by atoms with Crippen LogP contribution in [0.3, 0.4) is 0 Å². The van der Waals surface area contributed by atoms with Crippen LogP contribution in [-0.2, 0) is 16.6 Å². The summed E-state index contributed by atoms with van der Waals surface area (Å²) in [6, 6.07) is 11.8. The van der Waals surface area contributed by atoms with Gasteiger partial charge in [-0.25, -0.2) is 13.4 Å². The van der Waals surface area contributed by atoms with Gasteiger partial charge in [0, 0.05) is 29.5 Å². The summed E-state index contributed by atoms with van der Waals surface area (Å²) in [5.74, 6) is 0.156. The third-order valence-corrected chi connectivity index (χ3v) is 6.70. The fourth-order valence-electron chi connectivity index (χ4n) is 3.32. The Morgan fingerprint density at radius 2 is 2.00 bits per heavy atom. The van der Waals surface area contributed by atoms with Gasteiger partial charge in [-0.1, -0.05) is 29.8 Å². The number of hydrogen-bond donors (Lipinski definition) is 5. The number of carbonyl (C=O) groups excluding carboxylic acids is 1. The second-order valence-electron chi connectivity index (χ2n) is 7.69. The van der Waals surface area contributed by atoms with Crippen LogP contribution in [0.25, 0.3) is 11.3 Å². The predicted octanol–water partition coefficient (Wildman–Crippen LogP) is 3.05. The number of aromatic nitrogens is 2. The Hall–Kier alpha value is -4.03. The lowest BCUT2D eigenvalue weighted by molar-refractivity contribution is 0.100. The molecule has 0 saturated carbocycles. The molecule has 0 aliphatic carbocycles. The molecule has 0 radical (unpaired) electrons. The number of aliphatic imine (C=N–C) groups is 1. The Bertz CT molecular complexity index is 1430. The van der Waals surface area contributed by atoms with Gasteiger partial charge in [-0.2, -0.15) is 5.10 Å². The number of benzene rings is 2. The number of halogens is 1. The lowest BCUT2D eigenvalue weighted by Crippen LogP contribution is -2.18. The first kappa shape index (κ1) is 25.1. The Morgan fingerprint density at radius 1 is 1.22 bits per heavy atom. The first-order valence-corrected chi connectivity index (χ1v) is 12.9. The summed E-state index contributed by atoms with van der Waals surface area (Å²) in [7, 11) is -3.57. The molecule has 6 N–H and O–H groups in total. The van der Waals surface area contributed by atoms with Crippen LogP contribution in [0.4, 0.5) is 11.5 Å². The van der Waals surface area contributed by atoms with E-state index < -0.39 is 15.9 Å². The van der Waals surface area contributed by atoms with Crippen LogP contribution in [0, 0.1) is 0 Å². The first-order valence-electron chi connectivity index (χ1n) is 10.9. The number of ether oxygens (including phenoxy) is 1. The molecule has 0 saturated heterocycles. The number of rotatable bonds is 10. The maximum Gasteiger partial charge on any atom is 0.254 e. The summed E-state index contributed by atoms with van der Waals surface area (Å²) in [6.45, 7) is 2.27.